The third-order valence-electron chi connectivity index (χ3n) is 6.64. The molecule has 7 heteroatoms. The molecule has 5 rings (SSSR count). The van der Waals surface area contributed by atoms with Gasteiger partial charge < -0.3 is 0 Å². The first-order valence-electron chi connectivity index (χ1n) is 11.5. The first kappa shape index (κ1) is 21.4. The maximum atomic E-state index is 13.7. The molecule has 3 aromatic rings. The second kappa shape index (κ2) is 9.17. The number of piperazine rings is 1. The lowest BCUT2D eigenvalue weighted by atomic mass is 10.2. The monoisotopic (exact) mass is 450 g/mol. The van der Waals surface area contributed by atoms with Gasteiger partial charge >= 0.3 is 0 Å². The molecule has 1 saturated heterocycles. The average molecular weight is 451 g/mol. The Kier molecular flexibility index (Phi) is 6.13. The van der Waals surface area contributed by atoms with E-state index in [9.17, 15) is 8.42 Å². The van der Waals surface area contributed by atoms with Crippen LogP contribution in [0.2, 0.25) is 0 Å². The van der Waals surface area contributed by atoms with Gasteiger partial charge in [0.2, 0.25) is 10.0 Å². The highest BCUT2D eigenvalue weighted by atomic mass is 32.2. The second-order valence-electron chi connectivity index (χ2n) is 8.79. The Balaban J connectivity index is 1.38. The van der Waals surface area contributed by atoms with E-state index in [1.54, 1.807) is 10.5 Å². The molecule has 0 unspecified atom stereocenters. The van der Waals surface area contributed by atoms with Gasteiger partial charge in [0.1, 0.15) is 10.6 Å². The maximum Gasteiger partial charge on any atom is 0.246 e. The fraction of sp³-hybridized carbons (Fsp3) is 0.400. The molecule has 168 valence electrons. The van der Waals surface area contributed by atoms with Crippen LogP contribution in [0.1, 0.15) is 37.3 Å². The van der Waals surface area contributed by atoms with E-state index in [0.29, 0.717) is 29.7 Å². The molecule has 1 saturated carbocycles. The van der Waals surface area contributed by atoms with Gasteiger partial charge in [-0.2, -0.15) is 9.40 Å². The van der Waals surface area contributed by atoms with Crippen molar-refractivity contribution in [1.29, 1.82) is 0 Å². The number of sulfonamides is 1. The Bertz CT molecular complexity index is 1130. The van der Waals surface area contributed by atoms with E-state index < -0.39 is 10.0 Å². The molecule has 0 atom stereocenters. The van der Waals surface area contributed by atoms with Crippen LogP contribution in [0, 0.1) is 0 Å². The molecule has 1 aliphatic carbocycles. The van der Waals surface area contributed by atoms with Crippen LogP contribution in [0.5, 0.6) is 0 Å². The molecule has 2 aliphatic rings. The number of hydrogen-bond acceptors (Lipinski definition) is 4. The Hall–Kier alpha value is -2.48. The molecular weight excluding hydrogens is 420 g/mol. The van der Waals surface area contributed by atoms with Gasteiger partial charge in [-0.25, -0.2) is 8.42 Å². The van der Waals surface area contributed by atoms with Gasteiger partial charge in [-0.15, -0.1) is 0 Å². The molecule has 6 nitrogen and oxygen atoms in total. The van der Waals surface area contributed by atoms with Crippen LogP contribution >= 0.6 is 0 Å². The number of rotatable bonds is 6. The van der Waals surface area contributed by atoms with Gasteiger partial charge in [0.25, 0.3) is 0 Å². The summed E-state index contributed by atoms with van der Waals surface area (Å²) in [5, 5.41) is 4.79. The van der Waals surface area contributed by atoms with E-state index in [4.69, 9.17) is 5.10 Å². The number of hydrogen-bond donors (Lipinski definition) is 0. The summed E-state index contributed by atoms with van der Waals surface area (Å²) in [4.78, 5) is 2.66. The van der Waals surface area contributed by atoms with Crippen LogP contribution in [0.3, 0.4) is 0 Å². The van der Waals surface area contributed by atoms with Crippen molar-refractivity contribution in [2.24, 2.45) is 0 Å². The second-order valence-corrected chi connectivity index (χ2v) is 10.7. The topological polar surface area (TPSA) is 58.4 Å². The SMILES string of the molecule is O=S(=O)(c1cn(C2CCCC2)nc1-c1ccccc1)N1CCN(Cc2ccccc2)CC1. The minimum absolute atomic E-state index is 0.295. The summed E-state index contributed by atoms with van der Waals surface area (Å²) in [6, 6.07) is 20.3. The zero-order valence-electron chi connectivity index (χ0n) is 18.3. The van der Waals surface area contributed by atoms with Crippen molar-refractivity contribution in [2.45, 2.75) is 43.2 Å². The maximum absolute atomic E-state index is 13.7. The number of benzene rings is 2. The predicted octanol–water partition coefficient (Wildman–Crippen LogP) is 4.17. The highest BCUT2D eigenvalue weighted by molar-refractivity contribution is 7.89. The Morgan fingerprint density at radius 1 is 0.844 bits per heavy atom. The van der Waals surface area contributed by atoms with E-state index in [2.05, 4.69) is 17.0 Å². The molecule has 2 fully saturated rings. The highest BCUT2D eigenvalue weighted by Crippen LogP contribution is 2.34. The van der Waals surface area contributed by atoms with Gasteiger partial charge in [0.15, 0.2) is 0 Å². The molecule has 0 bridgehead atoms. The minimum Gasteiger partial charge on any atom is -0.296 e. The van der Waals surface area contributed by atoms with E-state index in [1.807, 2.05) is 53.2 Å². The van der Waals surface area contributed by atoms with E-state index >= 15 is 0 Å². The molecule has 2 heterocycles. The summed E-state index contributed by atoms with van der Waals surface area (Å²) in [5.74, 6) is 0. The van der Waals surface area contributed by atoms with Crippen LogP contribution in [-0.4, -0.2) is 53.6 Å². The Labute approximate surface area is 190 Å². The van der Waals surface area contributed by atoms with Crippen molar-refractivity contribution in [3.05, 3.63) is 72.4 Å². The molecule has 1 aromatic heterocycles. The van der Waals surface area contributed by atoms with Crippen molar-refractivity contribution >= 4 is 10.0 Å². The largest absolute Gasteiger partial charge is 0.296 e. The zero-order chi connectivity index (χ0) is 22.0. The van der Waals surface area contributed by atoms with Crippen LogP contribution in [0.4, 0.5) is 0 Å². The van der Waals surface area contributed by atoms with Gasteiger partial charge in [0.05, 0.1) is 6.04 Å². The van der Waals surface area contributed by atoms with Crippen molar-refractivity contribution in [3.8, 4) is 11.3 Å². The lowest BCUT2D eigenvalue weighted by Crippen LogP contribution is -2.48. The molecule has 32 heavy (non-hydrogen) atoms. The van der Waals surface area contributed by atoms with Gasteiger partial charge in [-0.05, 0) is 18.4 Å². The summed E-state index contributed by atoms with van der Waals surface area (Å²) < 4.78 is 31.0. The number of aromatic nitrogens is 2. The lowest BCUT2D eigenvalue weighted by Gasteiger charge is -2.33. The smallest absolute Gasteiger partial charge is 0.246 e. The fourth-order valence-electron chi connectivity index (χ4n) is 4.82. The Morgan fingerprint density at radius 2 is 1.47 bits per heavy atom. The summed E-state index contributed by atoms with van der Waals surface area (Å²) in [7, 11) is -3.62. The third kappa shape index (κ3) is 4.37. The van der Waals surface area contributed by atoms with Crippen LogP contribution in [-0.2, 0) is 16.6 Å². The van der Waals surface area contributed by atoms with Gasteiger partial charge in [-0.1, -0.05) is 73.5 Å². The lowest BCUT2D eigenvalue weighted by molar-refractivity contribution is 0.181. The standard InChI is InChI=1S/C25H30N4O2S/c30-32(31,28-17-15-27(16-18-28)19-21-9-3-1-4-10-21)24-20-29(23-13-7-8-14-23)26-25(24)22-11-5-2-6-12-22/h1-6,9-12,20,23H,7-8,13-19H2. The molecule has 1 aliphatic heterocycles. The fourth-order valence-corrected chi connectivity index (χ4v) is 6.39. The molecule has 2 aromatic carbocycles. The third-order valence-corrected chi connectivity index (χ3v) is 8.54. The summed E-state index contributed by atoms with van der Waals surface area (Å²) in [6.07, 6.45) is 6.26. The summed E-state index contributed by atoms with van der Waals surface area (Å²) in [6.45, 7) is 3.30. The first-order valence-corrected chi connectivity index (χ1v) is 13.0. The zero-order valence-corrected chi connectivity index (χ0v) is 19.1. The average Bonchev–Trinajstić information content (AvgIpc) is 3.51. The molecule has 0 radical (unpaired) electrons. The van der Waals surface area contributed by atoms with E-state index in [1.165, 1.54) is 18.4 Å². The number of nitrogens with zero attached hydrogens (tertiary/aromatic N) is 4. The molecule has 0 N–H and O–H groups in total. The quantitative estimate of drug-likeness (QED) is 0.566. The normalized spacial score (nSPS) is 18.9. The predicted molar refractivity (Wildman–Crippen MR) is 126 cm³/mol. The van der Waals surface area contributed by atoms with Crippen molar-refractivity contribution in [3.63, 3.8) is 0 Å². The van der Waals surface area contributed by atoms with Crippen LogP contribution in [0.15, 0.2) is 71.8 Å². The van der Waals surface area contributed by atoms with Crippen LogP contribution in [0.25, 0.3) is 11.3 Å². The summed E-state index contributed by atoms with van der Waals surface area (Å²) >= 11 is 0. The minimum atomic E-state index is -3.62. The van der Waals surface area contributed by atoms with Crippen molar-refractivity contribution < 1.29 is 8.42 Å². The van der Waals surface area contributed by atoms with Crippen molar-refractivity contribution in [2.75, 3.05) is 26.2 Å². The highest BCUT2D eigenvalue weighted by Gasteiger charge is 2.33. The molecule has 0 amide bonds. The summed E-state index contributed by atoms with van der Waals surface area (Å²) in [5.41, 5.74) is 2.68. The van der Waals surface area contributed by atoms with Gasteiger partial charge in [-0.3, -0.25) is 9.58 Å². The molecule has 0 spiro atoms. The van der Waals surface area contributed by atoms with E-state index in [0.717, 1.165) is 38.0 Å². The van der Waals surface area contributed by atoms with Crippen LogP contribution < -0.4 is 0 Å². The Morgan fingerprint density at radius 3 is 2.12 bits per heavy atom. The van der Waals surface area contributed by atoms with Gasteiger partial charge in [0, 0.05) is 44.5 Å². The van der Waals surface area contributed by atoms with Crippen molar-refractivity contribution in [1.82, 2.24) is 19.0 Å². The molecular formula is C25H30N4O2S. The van der Waals surface area contributed by atoms with E-state index in [-0.39, 0.29) is 0 Å². The first-order chi connectivity index (χ1) is 15.6.